The molecule has 0 aliphatic carbocycles. The maximum Gasteiger partial charge on any atom is 0.0228 e. The molecular formula is C14H29NS. The minimum absolute atomic E-state index is 1.26. The summed E-state index contributed by atoms with van der Waals surface area (Å²) >= 11 is 1.63. The van der Waals surface area contributed by atoms with Gasteiger partial charge < -0.3 is 0 Å². The second kappa shape index (κ2) is 20.0. The normalized spacial score (nSPS) is 7.25. The van der Waals surface area contributed by atoms with Crippen LogP contribution in [0.1, 0.15) is 47.1 Å². The van der Waals surface area contributed by atoms with E-state index >= 15 is 0 Å². The van der Waals surface area contributed by atoms with E-state index in [0.29, 0.717) is 0 Å². The first-order chi connectivity index (χ1) is 7.83. The molecule has 1 aromatic rings. The van der Waals surface area contributed by atoms with Crippen LogP contribution >= 0.6 is 11.9 Å². The van der Waals surface area contributed by atoms with Gasteiger partial charge in [0.1, 0.15) is 0 Å². The van der Waals surface area contributed by atoms with Gasteiger partial charge in [-0.15, -0.1) is 0 Å². The highest BCUT2D eigenvalue weighted by Crippen LogP contribution is 2.13. The summed E-state index contributed by atoms with van der Waals surface area (Å²) in [5.41, 5.74) is 1.31. The Morgan fingerprint density at radius 2 is 1.19 bits per heavy atom. The molecule has 0 aliphatic heterocycles. The molecule has 1 rings (SSSR count). The van der Waals surface area contributed by atoms with E-state index in [9.17, 15) is 0 Å². The van der Waals surface area contributed by atoms with Gasteiger partial charge in [0.2, 0.25) is 0 Å². The summed E-state index contributed by atoms with van der Waals surface area (Å²) in [5, 5.41) is 0. The molecule has 16 heavy (non-hydrogen) atoms. The molecule has 0 fully saturated rings. The molecular weight excluding hydrogens is 214 g/mol. The van der Waals surface area contributed by atoms with E-state index in [1.54, 1.807) is 11.9 Å². The Hall–Kier alpha value is -0.470. The molecule has 0 radical (unpaired) electrons. The SMILES string of the molecule is CC.CC.CC.CNSc1ccc(C)cc1. The fourth-order valence-corrected chi connectivity index (χ4v) is 1.23. The Morgan fingerprint density at radius 1 is 0.812 bits per heavy atom. The maximum absolute atomic E-state index is 3.02. The third-order valence-corrected chi connectivity index (χ3v) is 1.95. The number of hydrogen-bond acceptors (Lipinski definition) is 2. The van der Waals surface area contributed by atoms with Gasteiger partial charge in [0, 0.05) is 4.90 Å². The Balaban J connectivity index is -0.000000245. The van der Waals surface area contributed by atoms with Crippen molar-refractivity contribution in [3.63, 3.8) is 0 Å². The van der Waals surface area contributed by atoms with Crippen molar-refractivity contribution < 1.29 is 0 Å². The maximum atomic E-state index is 3.02. The molecule has 0 saturated carbocycles. The topological polar surface area (TPSA) is 12.0 Å². The van der Waals surface area contributed by atoms with E-state index < -0.39 is 0 Å². The molecule has 1 N–H and O–H groups in total. The Bertz CT molecular complexity index is 194. The van der Waals surface area contributed by atoms with Crippen molar-refractivity contribution in [1.29, 1.82) is 0 Å². The second-order valence-electron chi connectivity index (χ2n) is 2.12. The van der Waals surface area contributed by atoms with Gasteiger partial charge in [-0.1, -0.05) is 59.2 Å². The van der Waals surface area contributed by atoms with Gasteiger partial charge in [0.05, 0.1) is 0 Å². The van der Waals surface area contributed by atoms with Crippen molar-refractivity contribution in [2.24, 2.45) is 0 Å². The highest BCUT2D eigenvalue weighted by Gasteiger charge is 1.88. The number of aryl methyl sites for hydroxylation is 1. The summed E-state index contributed by atoms with van der Waals surface area (Å²) in [6, 6.07) is 8.44. The molecule has 96 valence electrons. The minimum atomic E-state index is 1.26. The number of hydrogen-bond donors (Lipinski definition) is 1. The van der Waals surface area contributed by atoms with Crippen molar-refractivity contribution in [2.45, 2.75) is 53.4 Å². The Morgan fingerprint density at radius 3 is 1.50 bits per heavy atom. The second-order valence-corrected chi connectivity index (χ2v) is 3.20. The monoisotopic (exact) mass is 243 g/mol. The van der Waals surface area contributed by atoms with Crippen LogP contribution < -0.4 is 4.72 Å². The van der Waals surface area contributed by atoms with Gasteiger partial charge in [-0.05, 0) is 38.1 Å². The first-order valence-corrected chi connectivity index (χ1v) is 7.05. The van der Waals surface area contributed by atoms with Crippen LogP contribution in [0.2, 0.25) is 0 Å². The average Bonchev–Trinajstić information content (AvgIpc) is 2.40. The molecule has 0 heterocycles. The molecule has 0 spiro atoms. The largest absolute Gasteiger partial charge is 0.263 e. The number of rotatable bonds is 2. The van der Waals surface area contributed by atoms with Crippen LogP contribution in [0.4, 0.5) is 0 Å². The van der Waals surface area contributed by atoms with Crippen LogP contribution in [0.15, 0.2) is 29.2 Å². The van der Waals surface area contributed by atoms with Crippen molar-refractivity contribution in [3.05, 3.63) is 29.8 Å². The van der Waals surface area contributed by atoms with Crippen molar-refractivity contribution in [1.82, 2.24) is 4.72 Å². The zero-order chi connectivity index (χ0) is 13.4. The molecule has 1 nitrogen and oxygen atoms in total. The molecule has 0 aliphatic rings. The van der Waals surface area contributed by atoms with E-state index in [4.69, 9.17) is 0 Å². The van der Waals surface area contributed by atoms with Crippen molar-refractivity contribution >= 4 is 11.9 Å². The summed E-state index contributed by atoms with van der Waals surface area (Å²) in [6.45, 7) is 14.1. The molecule has 0 bridgehead atoms. The van der Waals surface area contributed by atoms with Gasteiger partial charge in [-0.25, -0.2) is 0 Å². The van der Waals surface area contributed by atoms with E-state index in [2.05, 4.69) is 35.9 Å². The summed E-state index contributed by atoms with van der Waals surface area (Å²) in [5.74, 6) is 0. The van der Waals surface area contributed by atoms with Crippen molar-refractivity contribution in [2.75, 3.05) is 7.05 Å². The van der Waals surface area contributed by atoms with E-state index in [1.807, 2.05) is 48.6 Å². The van der Waals surface area contributed by atoms with Gasteiger partial charge in [0.15, 0.2) is 0 Å². The van der Waals surface area contributed by atoms with Crippen LogP contribution in [-0.2, 0) is 0 Å². The van der Waals surface area contributed by atoms with E-state index in [1.165, 1.54) is 10.5 Å². The third-order valence-electron chi connectivity index (χ3n) is 1.24. The minimum Gasteiger partial charge on any atom is -0.263 e. The molecule has 2 heteroatoms. The molecule has 0 amide bonds. The molecule has 0 unspecified atom stereocenters. The average molecular weight is 243 g/mol. The summed E-state index contributed by atoms with van der Waals surface area (Å²) in [6.07, 6.45) is 0. The zero-order valence-corrected chi connectivity index (χ0v) is 13.0. The number of nitrogens with one attached hydrogen (secondary N) is 1. The molecule has 0 atom stereocenters. The first kappa shape index (κ1) is 20.9. The highest BCUT2D eigenvalue weighted by atomic mass is 32.2. The van der Waals surface area contributed by atoms with E-state index in [0.717, 1.165) is 0 Å². The third kappa shape index (κ3) is 13.5. The fourth-order valence-electron chi connectivity index (χ4n) is 0.724. The number of benzene rings is 1. The standard InChI is InChI=1S/C8H11NS.3C2H6/c1-7-3-5-8(6-4-7)10-9-2;3*1-2/h3-6,9H,1-2H3;3*1-2H3. The van der Waals surface area contributed by atoms with Crippen LogP contribution in [-0.4, -0.2) is 7.05 Å². The summed E-state index contributed by atoms with van der Waals surface area (Å²) < 4.78 is 3.02. The van der Waals surface area contributed by atoms with Crippen LogP contribution in [0.3, 0.4) is 0 Å². The Labute approximate surface area is 107 Å². The smallest absolute Gasteiger partial charge is 0.0228 e. The lowest BCUT2D eigenvalue weighted by molar-refractivity contribution is 1.27. The fraction of sp³-hybridized carbons (Fsp3) is 0.571. The first-order valence-electron chi connectivity index (χ1n) is 6.23. The van der Waals surface area contributed by atoms with Gasteiger partial charge >= 0.3 is 0 Å². The predicted octanol–water partition coefficient (Wildman–Crippen LogP) is 5.30. The van der Waals surface area contributed by atoms with Crippen LogP contribution in [0.25, 0.3) is 0 Å². The van der Waals surface area contributed by atoms with Gasteiger partial charge in [-0.2, -0.15) is 0 Å². The quantitative estimate of drug-likeness (QED) is 0.707. The molecule has 0 aromatic heterocycles. The zero-order valence-electron chi connectivity index (χ0n) is 12.2. The van der Waals surface area contributed by atoms with E-state index in [-0.39, 0.29) is 0 Å². The van der Waals surface area contributed by atoms with Crippen molar-refractivity contribution in [3.8, 4) is 0 Å². The molecule has 1 aromatic carbocycles. The van der Waals surface area contributed by atoms with Crippen LogP contribution in [0.5, 0.6) is 0 Å². The predicted molar refractivity (Wildman–Crippen MR) is 80.1 cm³/mol. The summed E-state index contributed by atoms with van der Waals surface area (Å²) in [4.78, 5) is 1.26. The lowest BCUT2D eigenvalue weighted by Crippen LogP contribution is -1.89. The van der Waals surface area contributed by atoms with Crippen LogP contribution in [0, 0.1) is 6.92 Å². The van der Waals surface area contributed by atoms with Gasteiger partial charge in [0.25, 0.3) is 0 Å². The summed E-state index contributed by atoms with van der Waals surface area (Å²) in [7, 11) is 1.92. The lowest BCUT2D eigenvalue weighted by atomic mass is 10.2. The Kier molecular flexibility index (Phi) is 26.1. The lowest BCUT2D eigenvalue weighted by Gasteiger charge is -1.97. The highest BCUT2D eigenvalue weighted by molar-refractivity contribution is 7.97. The molecule has 0 saturated heterocycles. The van der Waals surface area contributed by atoms with Gasteiger partial charge in [-0.3, -0.25) is 4.72 Å².